The molecular weight excluding hydrogens is 426 g/mol. The number of carbonyl (C=O) groups is 2. The lowest BCUT2D eigenvalue weighted by Gasteiger charge is -2.35. The number of piperidine rings is 1. The van der Waals surface area contributed by atoms with E-state index in [0.717, 1.165) is 6.42 Å². The summed E-state index contributed by atoms with van der Waals surface area (Å²) in [5.74, 6) is -0.616. The Bertz CT molecular complexity index is 892. The monoisotopic (exact) mass is 457 g/mol. The Morgan fingerprint density at radius 2 is 1.87 bits per heavy atom. The molecule has 168 valence electrons. The van der Waals surface area contributed by atoms with E-state index in [1.165, 1.54) is 22.5 Å². The van der Waals surface area contributed by atoms with Gasteiger partial charge in [0.15, 0.2) is 0 Å². The maximum atomic E-state index is 12.9. The summed E-state index contributed by atoms with van der Waals surface area (Å²) in [6.45, 7) is 10.8. The number of anilines is 1. The smallest absolute Gasteiger partial charge is 0.243 e. The number of halogens is 1. The summed E-state index contributed by atoms with van der Waals surface area (Å²) < 4.78 is 26.9. The summed E-state index contributed by atoms with van der Waals surface area (Å²) in [4.78, 5) is 27.3. The normalized spacial score (nSPS) is 17.8. The third-order valence-electron chi connectivity index (χ3n) is 5.26. The molecule has 1 saturated heterocycles. The van der Waals surface area contributed by atoms with Crippen LogP contribution in [0.2, 0.25) is 5.02 Å². The predicted octanol–water partition coefficient (Wildman–Crippen LogP) is 3.59. The number of sulfonamides is 1. The Labute approximate surface area is 184 Å². The molecule has 0 aromatic heterocycles. The number of nitrogens with one attached hydrogen (secondary N) is 1. The fourth-order valence-corrected chi connectivity index (χ4v) is 5.21. The number of benzene rings is 1. The molecular formula is C21H32ClN3O4S. The van der Waals surface area contributed by atoms with Crippen molar-refractivity contribution in [3.8, 4) is 0 Å². The molecule has 9 heteroatoms. The van der Waals surface area contributed by atoms with Crippen molar-refractivity contribution < 1.29 is 18.0 Å². The molecule has 1 atom stereocenters. The second-order valence-corrected chi connectivity index (χ2v) is 10.9. The van der Waals surface area contributed by atoms with Gasteiger partial charge in [-0.1, -0.05) is 46.2 Å². The summed E-state index contributed by atoms with van der Waals surface area (Å²) in [5.41, 5.74) is -0.247. The van der Waals surface area contributed by atoms with E-state index in [4.69, 9.17) is 11.6 Å². The summed E-state index contributed by atoms with van der Waals surface area (Å²) >= 11 is 6.23. The number of hydrogen-bond acceptors (Lipinski definition) is 4. The second-order valence-electron chi connectivity index (χ2n) is 8.56. The lowest BCUT2D eigenvalue weighted by molar-refractivity contribution is -0.142. The molecule has 1 fully saturated rings. The van der Waals surface area contributed by atoms with E-state index >= 15 is 0 Å². The van der Waals surface area contributed by atoms with Crippen LogP contribution in [0.25, 0.3) is 0 Å². The van der Waals surface area contributed by atoms with Crippen LogP contribution in [0.15, 0.2) is 23.1 Å². The van der Waals surface area contributed by atoms with E-state index in [9.17, 15) is 18.0 Å². The first-order chi connectivity index (χ1) is 13.9. The van der Waals surface area contributed by atoms with Crippen LogP contribution < -0.4 is 5.32 Å². The van der Waals surface area contributed by atoms with Crippen LogP contribution in [-0.4, -0.2) is 55.6 Å². The van der Waals surface area contributed by atoms with Crippen molar-refractivity contribution in [1.29, 1.82) is 0 Å². The highest BCUT2D eigenvalue weighted by Gasteiger charge is 2.33. The first-order valence-corrected chi connectivity index (χ1v) is 12.1. The van der Waals surface area contributed by atoms with E-state index in [0.29, 0.717) is 32.6 Å². The zero-order valence-corrected chi connectivity index (χ0v) is 19.9. The Balaban J connectivity index is 2.20. The maximum absolute atomic E-state index is 12.9. The van der Waals surface area contributed by atoms with Crippen LogP contribution in [0.5, 0.6) is 0 Å². The van der Waals surface area contributed by atoms with Gasteiger partial charge in [0.2, 0.25) is 21.8 Å². The lowest BCUT2D eigenvalue weighted by Crippen LogP contribution is -2.47. The van der Waals surface area contributed by atoms with Crippen molar-refractivity contribution in [2.24, 2.45) is 11.3 Å². The van der Waals surface area contributed by atoms with Crippen LogP contribution >= 0.6 is 11.6 Å². The lowest BCUT2D eigenvalue weighted by atomic mass is 9.91. The highest BCUT2D eigenvalue weighted by atomic mass is 35.5. The predicted molar refractivity (Wildman–Crippen MR) is 119 cm³/mol. The molecule has 0 bridgehead atoms. The van der Waals surface area contributed by atoms with Crippen LogP contribution in [0.3, 0.4) is 0 Å². The van der Waals surface area contributed by atoms with Gasteiger partial charge in [-0.3, -0.25) is 9.59 Å². The molecule has 7 nitrogen and oxygen atoms in total. The summed E-state index contributed by atoms with van der Waals surface area (Å²) in [6, 6.07) is 4.31. The van der Waals surface area contributed by atoms with Crippen molar-refractivity contribution in [2.75, 3.05) is 31.5 Å². The first kappa shape index (κ1) is 24.6. The Morgan fingerprint density at radius 3 is 2.43 bits per heavy atom. The SMILES string of the molecule is CCN(CC)S(=O)(=O)c1ccc(Cl)c(NC(=O)C2CCCN(C(=O)C(C)(C)C)C2)c1. The molecule has 1 aromatic rings. The molecule has 2 rings (SSSR count). The molecule has 30 heavy (non-hydrogen) atoms. The largest absolute Gasteiger partial charge is 0.341 e. The molecule has 0 saturated carbocycles. The highest BCUT2D eigenvalue weighted by molar-refractivity contribution is 7.89. The molecule has 0 radical (unpaired) electrons. The number of rotatable bonds is 6. The van der Waals surface area contributed by atoms with Crippen LogP contribution in [0.4, 0.5) is 5.69 Å². The van der Waals surface area contributed by atoms with Crippen molar-refractivity contribution in [2.45, 2.75) is 52.4 Å². The van der Waals surface area contributed by atoms with Crippen molar-refractivity contribution in [3.63, 3.8) is 0 Å². The quantitative estimate of drug-likeness (QED) is 0.707. The molecule has 0 spiro atoms. The van der Waals surface area contributed by atoms with Gasteiger partial charge < -0.3 is 10.2 Å². The fourth-order valence-electron chi connectivity index (χ4n) is 3.56. The number of likely N-dealkylation sites (tertiary alicyclic amines) is 1. The number of carbonyl (C=O) groups excluding carboxylic acids is 2. The third-order valence-corrected chi connectivity index (χ3v) is 7.64. The highest BCUT2D eigenvalue weighted by Crippen LogP contribution is 2.29. The van der Waals surface area contributed by atoms with Gasteiger partial charge in [0, 0.05) is 31.6 Å². The van der Waals surface area contributed by atoms with E-state index in [1.807, 2.05) is 20.8 Å². The zero-order chi connectivity index (χ0) is 22.7. The van der Waals surface area contributed by atoms with E-state index in [1.54, 1.807) is 18.7 Å². The van der Waals surface area contributed by atoms with Crippen molar-refractivity contribution in [3.05, 3.63) is 23.2 Å². The average molecular weight is 458 g/mol. The van der Waals surface area contributed by atoms with Gasteiger partial charge in [0.1, 0.15) is 0 Å². The van der Waals surface area contributed by atoms with Crippen molar-refractivity contribution in [1.82, 2.24) is 9.21 Å². The van der Waals surface area contributed by atoms with Gasteiger partial charge in [0.05, 0.1) is 21.5 Å². The topological polar surface area (TPSA) is 86.8 Å². The Kier molecular flexibility index (Phi) is 7.93. The molecule has 1 heterocycles. The molecule has 1 aliphatic heterocycles. The molecule has 2 amide bonds. The molecule has 1 N–H and O–H groups in total. The molecule has 1 unspecified atom stereocenters. The van der Waals surface area contributed by atoms with Crippen LogP contribution in [0, 0.1) is 11.3 Å². The average Bonchev–Trinajstić information content (AvgIpc) is 2.69. The minimum atomic E-state index is -3.67. The minimum Gasteiger partial charge on any atom is -0.341 e. The van der Waals surface area contributed by atoms with Crippen LogP contribution in [0.1, 0.15) is 47.5 Å². The van der Waals surface area contributed by atoms with Gasteiger partial charge in [-0.05, 0) is 31.0 Å². The molecule has 1 aromatic carbocycles. The minimum absolute atomic E-state index is 0.0188. The summed E-state index contributed by atoms with van der Waals surface area (Å²) in [5, 5.41) is 3.04. The Hall–Kier alpha value is -1.64. The summed E-state index contributed by atoms with van der Waals surface area (Å²) in [6.07, 6.45) is 1.40. The van der Waals surface area contributed by atoms with Gasteiger partial charge in [-0.2, -0.15) is 4.31 Å². The van der Waals surface area contributed by atoms with Crippen LogP contribution in [-0.2, 0) is 19.6 Å². The van der Waals surface area contributed by atoms with Gasteiger partial charge in [0.25, 0.3) is 0 Å². The Morgan fingerprint density at radius 1 is 1.23 bits per heavy atom. The fraction of sp³-hybridized carbons (Fsp3) is 0.619. The van der Waals surface area contributed by atoms with E-state index in [-0.39, 0.29) is 33.3 Å². The van der Waals surface area contributed by atoms with Gasteiger partial charge in [-0.25, -0.2) is 8.42 Å². The number of amides is 2. The molecule has 1 aliphatic rings. The zero-order valence-electron chi connectivity index (χ0n) is 18.4. The second kappa shape index (κ2) is 9.66. The third kappa shape index (κ3) is 5.53. The van der Waals surface area contributed by atoms with E-state index in [2.05, 4.69) is 5.32 Å². The van der Waals surface area contributed by atoms with Gasteiger partial charge >= 0.3 is 0 Å². The van der Waals surface area contributed by atoms with Crippen molar-refractivity contribution >= 4 is 39.1 Å². The van der Waals surface area contributed by atoms with Gasteiger partial charge in [-0.15, -0.1) is 0 Å². The summed E-state index contributed by atoms with van der Waals surface area (Å²) in [7, 11) is -3.67. The molecule has 0 aliphatic carbocycles. The van der Waals surface area contributed by atoms with E-state index < -0.39 is 15.4 Å². The standard InChI is InChI=1S/C21H32ClN3O4S/c1-6-25(7-2)30(28,29)16-10-11-17(22)18(13-16)23-19(26)15-9-8-12-24(14-15)20(27)21(3,4)5/h10-11,13,15H,6-9,12,14H2,1-5H3,(H,23,26). The maximum Gasteiger partial charge on any atom is 0.243 e. The number of nitrogens with zero attached hydrogens (tertiary/aromatic N) is 2. The first-order valence-electron chi connectivity index (χ1n) is 10.3. The number of hydrogen-bond donors (Lipinski definition) is 1.